The molecule has 0 radical (unpaired) electrons. The molecule has 0 fully saturated rings. The zero-order valence-electron chi connectivity index (χ0n) is 17.3. The monoisotopic (exact) mass is 378 g/mol. The van der Waals surface area contributed by atoms with Gasteiger partial charge in [0.25, 0.3) is 0 Å². The zero-order chi connectivity index (χ0) is 19.9. The maximum Gasteiger partial charge on any atom is 0.137 e. The Morgan fingerprint density at radius 1 is 1.00 bits per heavy atom. The molecule has 5 nitrogen and oxygen atoms in total. The predicted octanol–water partition coefficient (Wildman–Crippen LogP) is 4.43. The molecule has 0 aliphatic carbocycles. The van der Waals surface area contributed by atoms with Gasteiger partial charge in [-0.1, -0.05) is 0 Å². The molecular formula is C23H30N4O. The summed E-state index contributed by atoms with van der Waals surface area (Å²) in [7, 11) is 1.73. The van der Waals surface area contributed by atoms with Crippen LogP contribution in [0.15, 0.2) is 42.7 Å². The summed E-state index contributed by atoms with van der Waals surface area (Å²) in [5, 5.41) is 3.41. The molecular weight excluding hydrogens is 348 g/mol. The van der Waals surface area contributed by atoms with Gasteiger partial charge in [0.05, 0.1) is 5.69 Å². The fraction of sp³-hybridized carbons (Fsp3) is 0.391. The minimum absolute atomic E-state index is 0.766. The van der Waals surface area contributed by atoms with Crippen molar-refractivity contribution in [1.82, 2.24) is 14.5 Å². The van der Waals surface area contributed by atoms with Gasteiger partial charge in [0.1, 0.15) is 5.82 Å². The second-order valence-corrected chi connectivity index (χ2v) is 7.30. The van der Waals surface area contributed by atoms with Crippen molar-refractivity contribution in [2.24, 2.45) is 0 Å². The van der Waals surface area contributed by atoms with Gasteiger partial charge >= 0.3 is 0 Å². The molecule has 3 aromatic rings. The first-order valence-corrected chi connectivity index (χ1v) is 9.86. The highest BCUT2D eigenvalue weighted by molar-refractivity contribution is 5.43. The molecule has 0 unspecified atom stereocenters. The number of anilines is 1. The fourth-order valence-corrected chi connectivity index (χ4v) is 3.43. The molecule has 0 aromatic carbocycles. The molecule has 0 aliphatic heterocycles. The van der Waals surface area contributed by atoms with Crippen molar-refractivity contribution < 1.29 is 4.74 Å². The normalized spacial score (nSPS) is 11.0. The molecule has 28 heavy (non-hydrogen) atoms. The van der Waals surface area contributed by atoms with E-state index in [0.29, 0.717) is 0 Å². The molecule has 1 N–H and O–H groups in total. The number of ether oxygens (including phenoxy) is 1. The first-order valence-electron chi connectivity index (χ1n) is 9.86. The zero-order valence-corrected chi connectivity index (χ0v) is 17.3. The van der Waals surface area contributed by atoms with Gasteiger partial charge in [0, 0.05) is 49.7 Å². The van der Waals surface area contributed by atoms with Crippen molar-refractivity contribution in [1.29, 1.82) is 0 Å². The van der Waals surface area contributed by atoms with E-state index < -0.39 is 0 Å². The maximum atomic E-state index is 5.09. The second-order valence-electron chi connectivity index (χ2n) is 7.30. The Hall–Kier alpha value is -2.66. The van der Waals surface area contributed by atoms with E-state index in [0.717, 1.165) is 49.6 Å². The molecule has 0 bridgehead atoms. The maximum absolute atomic E-state index is 5.09. The minimum atomic E-state index is 0.766. The van der Waals surface area contributed by atoms with Crippen LogP contribution in [0, 0.1) is 20.8 Å². The molecule has 148 valence electrons. The quantitative estimate of drug-likeness (QED) is 0.560. The lowest BCUT2D eigenvalue weighted by Gasteiger charge is -2.12. The lowest BCUT2D eigenvalue weighted by Crippen LogP contribution is -2.06. The van der Waals surface area contributed by atoms with Gasteiger partial charge in [-0.25, -0.2) is 4.98 Å². The Balaban J connectivity index is 1.68. The summed E-state index contributed by atoms with van der Waals surface area (Å²) >= 11 is 0. The highest BCUT2D eigenvalue weighted by Crippen LogP contribution is 2.18. The molecule has 0 amide bonds. The first-order chi connectivity index (χ1) is 13.6. The van der Waals surface area contributed by atoms with E-state index in [4.69, 9.17) is 9.72 Å². The standard InChI is InChI=1S/C23H30N4O/c1-17-12-21(26-23(13-17)27-18(2)6-7-19(27)3)9-8-20-14-22(16-24-15-20)25-10-5-11-28-4/h6-7,12-16,25H,5,8-11H2,1-4H3. The average molecular weight is 379 g/mol. The number of aromatic nitrogens is 3. The number of methoxy groups -OCH3 is 1. The average Bonchev–Trinajstić information content (AvgIpc) is 3.02. The van der Waals surface area contributed by atoms with Crippen LogP contribution in [0.2, 0.25) is 0 Å². The van der Waals surface area contributed by atoms with Crippen LogP contribution in [-0.4, -0.2) is 34.8 Å². The second kappa shape index (κ2) is 9.51. The molecule has 3 rings (SSSR count). The number of rotatable bonds is 9. The molecule has 0 saturated heterocycles. The molecule has 5 heteroatoms. The number of nitrogens with one attached hydrogen (secondary N) is 1. The van der Waals surface area contributed by atoms with E-state index in [1.54, 1.807) is 7.11 Å². The number of aryl methyl sites for hydroxylation is 5. The lowest BCUT2D eigenvalue weighted by atomic mass is 10.1. The molecule has 0 atom stereocenters. The van der Waals surface area contributed by atoms with E-state index in [1.807, 2.05) is 12.4 Å². The molecule has 0 aliphatic rings. The van der Waals surface area contributed by atoms with Crippen LogP contribution >= 0.6 is 0 Å². The van der Waals surface area contributed by atoms with Crippen molar-refractivity contribution in [2.45, 2.75) is 40.0 Å². The van der Waals surface area contributed by atoms with Crippen LogP contribution in [0.3, 0.4) is 0 Å². The van der Waals surface area contributed by atoms with Gasteiger partial charge in [-0.05, 0) is 81.5 Å². The third-order valence-corrected chi connectivity index (χ3v) is 4.83. The number of nitrogens with zero attached hydrogens (tertiary/aromatic N) is 3. The Morgan fingerprint density at radius 3 is 2.54 bits per heavy atom. The van der Waals surface area contributed by atoms with Gasteiger partial charge < -0.3 is 14.6 Å². The predicted molar refractivity (Wildman–Crippen MR) is 114 cm³/mol. The Labute approximate surface area is 167 Å². The Kier molecular flexibility index (Phi) is 6.82. The third kappa shape index (κ3) is 5.20. The topological polar surface area (TPSA) is 52.0 Å². The van der Waals surface area contributed by atoms with Crippen molar-refractivity contribution in [3.63, 3.8) is 0 Å². The number of hydrogen-bond donors (Lipinski definition) is 1. The van der Waals surface area contributed by atoms with Crippen LogP contribution < -0.4 is 5.32 Å². The van der Waals surface area contributed by atoms with E-state index >= 15 is 0 Å². The summed E-state index contributed by atoms with van der Waals surface area (Å²) in [6.45, 7) is 8.02. The summed E-state index contributed by atoms with van der Waals surface area (Å²) in [5.41, 5.74) is 7.04. The molecule has 0 saturated carbocycles. The summed E-state index contributed by atoms with van der Waals surface area (Å²) in [6.07, 6.45) is 6.60. The van der Waals surface area contributed by atoms with Crippen LogP contribution in [0.25, 0.3) is 5.82 Å². The third-order valence-electron chi connectivity index (χ3n) is 4.83. The van der Waals surface area contributed by atoms with Crippen molar-refractivity contribution in [3.8, 4) is 5.82 Å². The smallest absolute Gasteiger partial charge is 0.137 e. The van der Waals surface area contributed by atoms with E-state index in [-0.39, 0.29) is 0 Å². The summed E-state index contributed by atoms with van der Waals surface area (Å²) < 4.78 is 7.30. The van der Waals surface area contributed by atoms with E-state index in [1.165, 1.54) is 22.5 Å². The van der Waals surface area contributed by atoms with Gasteiger partial charge in [0.2, 0.25) is 0 Å². The largest absolute Gasteiger partial charge is 0.385 e. The van der Waals surface area contributed by atoms with Gasteiger partial charge in [-0.15, -0.1) is 0 Å². The van der Waals surface area contributed by atoms with Crippen molar-refractivity contribution in [3.05, 3.63) is 70.9 Å². The van der Waals surface area contributed by atoms with Crippen molar-refractivity contribution >= 4 is 5.69 Å². The molecule has 3 aromatic heterocycles. The summed E-state index contributed by atoms with van der Waals surface area (Å²) in [6, 6.07) is 10.8. The first kappa shape index (κ1) is 20.1. The van der Waals surface area contributed by atoms with Crippen LogP contribution in [0.5, 0.6) is 0 Å². The Bertz CT molecular complexity index is 897. The van der Waals surface area contributed by atoms with Crippen LogP contribution in [0.4, 0.5) is 5.69 Å². The highest BCUT2D eigenvalue weighted by Gasteiger charge is 2.08. The summed E-state index contributed by atoms with van der Waals surface area (Å²) in [4.78, 5) is 9.29. The van der Waals surface area contributed by atoms with Crippen LogP contribution in [-0.2, 0) is 17.6 Å². The number of pyridine rings is 2. The Morgan fingerprint density at radius 2 is 1.79 bits per heavy atom. The van der Waals surface area contributed by atoms with Crippen molar-refractivity contribution in [2.75, 3.05) is 25.6 Å². The van der Waals surface area contributed by atoms with E-state index in [2.05, 4.69) is 66.0 Å². The van der Waals surface area contributed by atoms with Crippen LogP contribution in [0.1, 0.15) is 34.6 Å². The van der Waals surface area contributed by atoms with Gasteiger partial charge in [0.15, 0.2) is 0 Å². The number of hydrogen-bond acceptors (Lipinski definition) is 4. The summed E-state index contributed by atoms with van der Waals surface area (Å²) in [5.74, 6) is 1.00. The molecule has 0 spiro atoms. The fourth-order valence-electron chi connectivity index (χ4n) is 3.43. The van der Waals surface area contributed by atoms with E-state index in [9.17, 15) is 0 Å². The minimum Gasteiger partial charge on any atom is -0.385 e. The molecule has 3 heterocycles. The SMILES string of the molecule is COCCCNc1cncc(CCc2cc(C)cc(-n3c(C)ccc3C)n2)c1. The van der Waals surface area contributed by atoms with Gasteiger partial charge in [-0.3, -0.25) is 4.98 Å². The highest BCUT2D eigenvalue weighted by atomic mass is 16.5. The van der Waals surface area contributed by atoms with Gasteiger partial charge in [-0.2, -0.15) is 0 Å². The lowest BCUT2D eigenvalue weighted by molar-refractivity contribution is 0.198.